The number of thioether (sulfide) groups is 1. The van der Waals surface area contributed by atoms with E-state index in [0.717, 1.165) is 16.2 Å². The van der Waals surface area contributed by atoms with Crippen molar-refractivity contribution in [3.63, 3.8) is 0 Å². The Kier molecular flexibility index (Phi) is 5.51. The summed E-state index contributed by atoms with van der Waals surface area (Å²) in [6.07, 6.45) is 1.84. The summed E-state index contributed by atoms with van der Waals surface area (Å²) >= 11 is 9.25. The van der Waals surface area contributed by atoms with Crippen molar-refractivity contribution in [2.45, 2.75) is 13.8 Å². The Bertz CT molecular complexity index is 874. The van der Waals surface area contributed by atoms with Gasteiger partial charge >= 0.3 is 0 Å². The molecule has 2 heterocycles. The van der Waals surface area contributed by atoms with Crippen LogP contribution in [0, 0.1) is 6.92 Å². The van der Waals surface area contributed by atoms with E-state index in [2.05, 4.69) is 4.99 Å². The molecule has 0 aliphatic carbocycles. The minimum absolute atomic E-state index is 0.177. The Balaban J connectivity index is 2.07. The Morgan fingerprint density at radius 1 is 1.40 bits per heavy atom. The van der Waals surface area contributed by atoms with Crippen LogP contribution in [-0.4, -0.2) is 23.9 Å². The van der Waals surface area contributed by atoms with E-state index in [-0.39, 0.29) is 5.91 Å². The van der Waals surface area contributed by atoms with Crippen LogP contribution in [0.4, 0.5) is 5.69 Å². The second-order valence-corrected chi connectivity index (χ2v) is 7.90. The molecule has 0 saturated carbocycles. The quantitative estimate of drug-likeness (QED) is 0.670. The number of amides is 1. The summed E-state index contributed by atoms with van der Waals surface area (Å²) in [5, 5.41) is 3.18. The fraction of sp³-hybridized carbons (Fsp3) is 0.222. The molecule has 0 unspecified atom stereocenters. The van der Waals surface area contributed by atoms with Gasteiger partial charge < -0.3 is 4.74 Å². The summed E-state index contributed by atoms with van der Waals surface area (Å²) in [5.41, 5.74) is 2.15. The number of rotatable bonds is 4. The molecular weight excluding hydrogens is 376 g/mol. The summed E-state index contributed by atoms with van der Waals surface area (Å²) in [7, 11) is 1.57. The third-order valence-corrected chi connectivity index (χ3v) is 5.68. The van der Waals surface area contributed by atoms with Crippen molar-refractivity contribution in [3.8, 4) is 5.75 Å². The summed E-state index contributed by atoms with van der Waals surface area (Å²) in [4.78, 5) is 20.2. The van der Waals surface area contributed by atoms with Gasteiger partial charge in [0.2, 0.25) is 0 Å². The summed E-state index contributed by atoms with van der Waals surface area (Å²) in [6, 6.07) is 7.24. The van der Waals surface area contributed by atoms with Crippen molar-refractivity contribution in [2.24, 2.45) is 4.99 Å². The van der Waals surface area contributed by atoms with Crippen LogP contribution in [-0.2, 0) is 4.79 Å². The number of thiophene rings is 1. The van der Waals surface area contributed by atoms with E-state index >= 15 is 0 Å². The third-order valence-electron chi connectivity index (χ3n) is 3.65. The van der Waals surface area contributed by atoms with Gasteiger partial charge in [0.1, 0.15) is 11.4 Å². The molecule has 130 valence electrons. The fourth-order valence-corrected chi connectivity index (χ4v) is 4.18. The number of ether oxygens (including phenoxy) is 1. The lowest BCUT2D eigenvalue weighted by Crippen LogP contribution is -2.30. The molecule has 1 aliphatic rings. The molecule has 0 atom stereocenters. The van der Waals surface area contributed by atoms with Gasteiger partial charge in [-0.1, -0.05) is 30.3 Å². The maximum atomic E-state index is 13.0. The van der Waals surface area contributed by atoms with Gasteiger partial charge in [-0.05, 0) is 54.0 Å². The monoisotopic (exact) mass is 392 g/mol. The van der Waals surface area contributed by atoms with E-state index in [1.807, 2.05) is 31.4 Å². The number of aliphatic imine (C=N–C) groups is 1. The summed E-state index contributed by atoms with van der Waals surface area (Å²) < 4.78 is 5.41. The van der Waals surface area contributed by atoms with E-state index in [1.54, 1.807) is 41.5 Å². The average Bonchev–Trinajstić information content (AvgIpc) is 3.12. The van der Waals surface area contributed by atoms with E-state index in [9.17, 15) is 4.79 Å². The largest absolute Gasteiger partial charge is 0.495 e. The second-order valence-electron chi connectivity index (χ2n) is 5.28. The summed E-state index contributed by atoms with van der Waals surface area (Å²) in [5.74, 6) is 1.21. The lowest BCUT2D eigenvalue weighted by atomic mass is 10.2. The van der Waals surface area contributed by atoms with Crippen LogP contribution >= 0.6 is 34.7 Å². The highest BCUT2D eigenvalue weighted by Crippen LogP contribution is 2.37. The first-order valence-electron chi connectivity index (χ1n) is 7.70. The number of aryl methyl sites for hydroxylation is 1. The molecule has 2 aromatic rings. The van der Waals surface area contributed by atoms with Crippen molar-refractivity contribution in [1.29, 1.82) is 0 Å². The zero-order valence-electron chi connectivity index (χ0n) is 14.1. The minimum atomic E-state index is -0.177. The number of carbonyl (C=O) groups is 1. The Hall–Kier alpha value is -1.76. The molecule has 1 aromatic carbocycles. The van der Waals surface area contributed by atoms with Gasteiger partial charge in [0.25, 0.3) is 5.91 Å². The van der Waals surface area contributed by atoms with Gasteiger partial charge in [-0.15, -0.1) is 11.3 Å². The zero-order chi connectivity index (χ0) is 18.0. The second kappa shape index (κ2) is 7.64. The first-order valence-corrected chi connectivity index (χ1v) is 9.94. The molecule has 0 N–H and O–H groups in total. The van der Waals surface area contributed by atoms with E-state index in [0.29, 0.717) is 27.3 Å². The highest BCUT2D eigenvalue weighted by molar-refractivity contribution is 8.14. The molecule has 0 bridgehead atoms. The van der Waals surface area contributed by atoms with Crippen LogP contribution in [0.5, 0.6) is 5.75 Å². The smallest absolute Gasteiger partial charge is 0.283 e. The van der Waals surface area contributed by atoms with Crippen molar-refractivity contribution in [2.75, 3.05) is 17.8 Å². The van der Waals surface area contributed by atoms with Crippen LogP contribution < -0.4 is 9.64 Å². The standard InChI is InChI=1S/C18H17ClN2O2S2/c1-4-24-18-20-13(10-16-11(2)7-8-25-16)17(22)21(18)14-9-12(19)5-6-15(14)23-3/h5-10H,4H2,1-3H3/b13-10+. The number of halogens is 1. The average molecular weight is 393 g/mol. The van der Waals surface area contributed by atoms with Crippen LogP contribution in [0.25, 0.3) is 6.08 Å². The van der Waals surface area contributed by atoms with E-state index in [4.69, 9.17) is 16.3 Å². The molecule has 1 aliphatic heterocycles. The molecule has 7 heteroatoms. The molecule has 0 spiro atoms. The summed E-state index contributed by atoms with van der Waals surface area (Å²) in [6.45, 7) is 4.04. The first kappa shape index (κ1) is 18.0. The molecule has 3 rings (SSSR count). The van der Waals surface area contributed by atoms with E-state index in [1.165, 1.54) is 11.8 Å². The molecule has 0 fully saturated rings. The number of methoxy groups -OCH3 is 1. The SMILES string of the molecule is CCSC1=N/C(=C/c2sccc2C)C(=O)N1c1cc(Cl)ccc1OC. The van der Waals surface area contributed by atoms with Gasteiger partial charge in [0, 0.05) is 9.90 Å². The molecule has 1 aromatic heterocycles. The van der Waals surface area contributed by atoms with Gasteiger partial charge in [-0.3, -0.25) is 4.79 Å². The van der Waals surface area contributed by atoms with E-state index < -0.39 is 0 Å². The minimum Gasteiger partial charge on any atom is -0.495 e. The number of hydrogen-bond donors (Lipinski definition) is 0. The van der Waals surface area contributed by atoms with Crippen LogP contribution in [0.1, 0.15) is 17.4 Å². The lowest BCUT2D eigenvalue weighted by molar-refractivity contribution is -0.113. The fourth-order valence-electron chi connectivity index (χ4n) is 2.43. The Morgan fingerprint density at radius 3 is 2.84 bits per heavy atom. The van der Waals surface area contributed by atoms with Gasteiger partial charge in [0.05, 0.1) is 12.8 Å². The topological polar surface area (TPSA) is 41.9 Å². The normalized spacial score (nSPS) is 15.8. The first-order chi connectivity index (χ1) is 12.0. The van der Waals surface area contributed by atoms with Crippen molar-refractivity contribution >= 4 is 57.5 Å². The zero-order valence-corrected chi connectivity index (χ0v) is 16.5. The maximum absolute atomic E-state index is 13.0. The Morgan fingerprint density at radius 2 is 2.20 bits per heavy atom. The highest BCUT2D eigenvalue weighted by atomic mass is 35.5. The third kappa shape index (κ3) is 3.61. The maximum Gasteiger partial charge on any atom is 0.283 e. The number of carbonyl (C=O) groups excluding carboxylic acids is 1. The predicted octanol–water partition coefficient (Wildman–Crippen LogP) is 5.22. The van der Waals surface area contributed by atoms with Crippen LogP contribution in [0.15, 0.2) is 40.3 Å². The number of nitrogens with zero attached hydrogens (tertiary/aromatic N) is 2. The van der Waals surface area contributed by atoms with Crippen LogP contribution in [0.3, 0.4) is 0 Å². The molecular formula is C18H17ClN2O2S2. The highest BCUT2D eigenvalue weighted by Gasteiger charge is 2.33. The number of hydrogen-bond acceptors (Lipinski definition) is 5. The van der Waals surface area contributed by atoms with Crippen molar-refractivity contribution in [1.82, 2.24) is 0 Å². The van der Waals surface area contributed by atoms with Crippen molar-refractivity contribution < 1.29 is 9.53 Å². The molecule has 0 radical (unpaired) electrons. The number of benzene rings is 1. The lowest BCUT2D eigenvalue weighted by Gasteiger charge is -2.20. The van der Waals surface area contributed by atoms with Crippen molar-refractivity contribution in [3.05, 3.63) is 50.8 Å². The molecule has 0 saturated heterocycles. The Labute approximate surface area is 160 Å². The molecule has 1 amide bonds. The van der Waals surface area contributed by atoms with Gasteiger partial charge in [0.15, 0.2) is 5.17 Å². The van der Waals surface area contributed by atoms with Gasteiger partial charge in [-0.25, -0.2) is 9.89 Å². The predicted molar refractivity (Wildman–Crippen MR) is 108 cm³/mol. The van der Waals surface area contributed by atoms with Gasteiger partial charge in [-0.2, -0.15) is 0 Å². The molecule has 4 nitrogen and oxygen atoms in total. The van der Waals surface area contributed by atoms with Crippen LogP contribution in [0.2, 0.25) is 5.02 Å². The molecule has 25 heavy (non-hydrogen) atoms. The number of anilines is 1. The number of amidine groups is 1.